The van der Waals surface area contributed by atoms with E-state index in [4.69, 9.17) is 0 Å². The van der Waals surface area contributed by atoms with Gasteiger partial charge in [-0.1, -0.05) is 83.9 Å². The van der Waals surface area contributed by atoms with Crippen molar-refractivity contribution in [3.63, 3.8) is 0 Å². The Morgan fingerprint density at radius 2 is 1.59 bits per heavy atom. The van der Waals surface area contributed by atoms with Crippen LogP contribution in [0.4, 0.5) is 0 Å². The molecule has 0 unspecified atom stereocenters. The van der Waals surface area contributed by atoms with Crippen LogP contribution < -0.4 is 0 Å². The van der Waals surface area contributed by atoms with Gasteiger partial charge in [0.15, 0.2) is 0 Å². The molecule has 0 fully saturated rings. The van der Waals surface area contributed by atoms with Gasteiger partial charge >= 0.3 is 0 Å². The van der Waals surface area contributed by atoms with Crippen molar-refractivity contribution in [2.45, 2.75) is 92.4 Å². The van der Waals surface area contributed by atoms with Crippen LogP contribution in [0.1, 0.15) is 92.4 Å². The minimum Gasteiger partial charge on any atom is -0.507 e. The first-order valence-electron chi connectivity index (χ1n) is 9.16. The maximum Gasteiger partial charge on any atom is 0.121 e. The third-order valence-corrected chi connectivity index (χ3v) is 4.65. The molecule has 1 nitrogen and oxygen atoms in total. The summed E-state index contributed by atoms with van der Waals surface area (Å²) in [5.41, 5.74) is 3.76. The number of hydrogen-bond donors (Lipinski definition) is 1. The van der Waals surface area contributed by atoms with Crippen LogP contribution in [-0.2, 0) is 0 Å². The van der Waals surface area contributed by atoms with Gasteiger partial charge in [0, 0.05) is 0 Å². The molecule has 0 atom stereocenters. The van der Waals surface area contributed by atoms with Crippen molar-refractivity contribution in [1.29, 1.82) is 0 Å². The molecular weight excluding hydrogens is 268 g/mol. The van der Waals surface area contributed by atoms with E-state index in [0.29, 0.717) is 5.76 Å². The van der Waals surface area contributed by atoms with Crippen LogP contribution in [0.2, 0.25) is 0 Å². The number of aliphatic hydroxyl groups excluding tert-OH is 1. The fourth-order valence-electron chi connectivity index (χ4n) is 2.99. The molecule has 0 radical (unpaired) electrons. The lowest BCUT2D eigenvalue weighted by Crippen LogP contribution is -2.08. The molecule has 22 heavy (non-hydrogen) atoms. The molecule has 1 aliphatic carbocycles. The molecule has 1 heteroatoms. The highest BCUT2D eigenvalue weighted by atomic mass is 16.3. The third kappa shape index (κ3) is 6.42. The second-order valence-corrected chi connectivity index (χ2v) is 7.76. The number of unbranched alkanes of at least 4 members (excludes halogenated alkanes) is 6. The zero-order chi connectivity index (χ0) is 16.6. The van der Waals surface area contributed by atoms with Crippen LogP contribution in [0.5, 0.6) is 0 Å². The average Bonchev–Trinajstić information content (AvgIpc) is 2.59. The summed E-state index contributed by atoms with van der Waals surface area (Å²) >= 11 is 0. The molecule has 0 saturated heterocycles. The van der Waals surface area contributed by atoms with E-state index < -0.39 is 0 Å². The molecule has 1 N–H and O–H groups in total. The summed E-state index contributed by atoms with van der Waals surface area (Å²) in [6.45, 7) is 11.0. The molecule has 0 aliphatic heterocycles. The fraction of sp³-hybridized carbons (Fsp3) is 0.714. The minimum atomic E-state index is 0.173. The lowest BCUT2D eigenvalue weighted by molar-refractivity contribution is 0.412. The van der Waals surface area contributed by atoms with Gasteiger partial charge in [-0.2, -0.15) is 0 Å². The van der Waals surface area contributed by atoms with Crippen LogP contribution in [0, 0.1) is 5.41 Å². The van der Waals surface area contributed by atoms with Crippen LogP contribution >= 0.6 is 0 Å². The molecule has 0 heterocycles. The molecule has 0 saturated carbocycles. The first-order chi connectivity index (χ1) is 10.4. The van der Waals surface area contributed by atoms with E-state index in [0.717, 1.165) is 24.0 Å². The van der Waals surface area contributed by atoms with Crippen molar-refractivity contribution < 1.29 is 5.11 Å². The minimum absolute atomic E-state index is 0.173. The Hall–Kier alpha value is -0.980. The maximum absolute atomic E-state index is 10.4. The van der Waals surface area contributed by atoms with E-state index in [2.05, 4.69) is 39.8 Å². The van der Waals surface area contributed by atoms with Crippen molar-refractivity contribution >= 4 is 0 Å². The summed E-state index contributed by atoms with van der Waals surface area (Å²) < 4.78 is 0. The van der Waals surface area contributed by atoms with Crippen molar-refractivity contribution in [1.82, 2.24) is 0 Å². The first kappa shape index (κ1) is 19.1. The summed E-state index contributed by atoms with van der Waals surface area (Å²) in [5.74, 6) is 0.519. The van der Waals surface area contributed by atoms with Gasteiger partial charge in [0.2, 0.25) is 0 Å². The molecule has 126 valence electrons. The monoisotopic (exact) mass is 304 g/mol. The molecule has 0 aromatic carbocycles. The maximum atomic E-state index is 10.4. The molecule has 1 aliphatic rings. The van der Waals surface area contributed by atoms with Crippen molar-refractivity contribution in [3.05, 3.63) is 34.6 Å². The molecule has 0 amide bonds. The Kier molecular flexibility index (Phi) is 8.00. The first-order valence-corrected chi connectivity index (χ1v) is 9.16. The van der Waals surface area contributed by atoms with Gasteiger partial charge in [0.05, 0.1) is 0 Å². The van der Waals surface area contributed by atoms with Crippen LogP contribution in [0.3, 0.4) is 0 Å². The van der Waals surface area contributed by atoms with Crippen LogP contribution in [-0.4, -0.2) is 5.11 Å². The number of aliphatic hydroxyl groups is 1. The van der Waals surface area contributed by atoms with Crippen molar-refractivity contribution in [2.24, 2.45) is 5.41 Å². The zero-order valence-electron chi connectivity index (χ0n) is 15.5. The summed E-state index contributed by atoms with van der Waals surface area (Å²) in [6, 6.07) is 0. The SMILES string of the molecule is CCCCCCCCCC1=CCC(C(C)(C)C)=CC(C)=C1O. The summed E-state index contributed by atoms with van der Waals surface area (Å²) in [4.78, 5) is 0. The molecule has 0 aromatic heterocycles. The predicted molar refractivity (Wildman–Crippen MR) is 98.2 cm³/mol. The second-order valence-electron chi connectivity index (χ2n) is 7.76. The summed E-state index contributed by atoms with van der Waals surface area (Å²) in [5, 5.41) is 10.4. The van der Waals surface area contributed by atoms with Crippen LogP contribution in [0.25, 0.3) is 0 Å². The molecular formula is C21H36O. The Bertz CT molecular complexity index is 429. The van der Waals surface area contributed by atoms with E-state index in [1.807, 2.05) is 6.92 Å². The normalized spacial score (nSPS) is 16.4. The number of rotatable bonds is 8. The lowest BCUT2D eigenvalue weighted by Gasteiger charge is -2.21. The quantitative estimate of drug-likeness (QED) is 0.468. The zero-order valence-corrected chi connectivity index (χ0v) is 15.5. The largest absolute Gasteiger partial charge is 0.507 e. The van der Waals surface area contributed by atoms with Gasteiger partial charge < -0.3 is 5.11 Å². The Labute approximate surface area is 138 Å². The Morgan fingerprint density at radius 1 is 1.00 bits per heavy atom. The highest BCUT2D eigenvalue weighted by molar-refractivity contribution is 5.41. The summed E-state index contributed by atoms with van der Waals surface area (Å²) in [6.07, 6.45) is 15.7. The van der Waals surface area contributed by atoms with Gasteiger partial charge in [-0.3, -0.25) is 0 Å². The van der Waals surface area contributed by atoms with Gasteiger partial charge in [0.25, 0.3) is 0 Å². The molecule has 0 spiro atoms. The number of hydrogen-bond acceptors (Lipinski definition) is 1. The lowest BCUT2D eigenvalue weighted by atomic mass is 9.84. The number of allylic oxidation sites excluding steroid dienone is 5. The Balaban J connectivity index is 2.48. The predicted octanol–water partition coefficient (Wildman–Crippen LogP) is 7.26. The molecule has 0 aromatic rings. The highest BCUT2D eigenvalue weighted by Crippen LogP contribution is 2.34. The van der Waals surface area contributed by atoms with Crippen LogP contribution in [0.15, 0.2) is 34.6 Å². The van der Waals surface area contributed by atoms with Gasteiger partial charge in [-0.25, -0.2) is 0 Å². The van der Waals surface area contributed by atoms with Gasteiger partial charge in [0.1, 0.15) is 5.76 Å². The van der Waals surface area contributed by atoms with E-state index in [9.17, 15) is 5.11 Å². The topological polar surface area (TPSA) is 20.2 Å². The third-order valence-electron chi connectivity index (χ3n) is 4.65. The van der Waals surface area contributed by atoms with Gasteiger partial charge in [-0.05, 0) is 42.7 Å². The Morgan fingerprint density at radius 3 is 2.18 bits per heavy atom. The van der Waals surface area contributed by atoms with Crippen molar-refractivity contribution in [3.8, 4) is 0 Å². The molecule has 0 bridgehead atoms. The summed E-state index contributed by atoms with van der Waals surface area (Å²) in [7, 11) is 0. The van der Waals surface area contributed by atoms with Gasteiger partial charge in [-0.15, -0.1) is 0 Å². The second kappa shape index (κ2) is 9.22. The standard InChI is InChI=1S/C21H36O/c1-6-7-8-9-10-11-12-13-18-14-15-19(21(3,4)5)16-17(2)20(18)22/h14,16,22H,6-13,15H2,1-5H3. The average molecular weight is 305 g/mol. The van der Waals surface area contributed by atoms with E-state index in [1.165, 1.54) is 50.5 Å². The van der Waals surface area contributed by atoms with E-state index in [1.54, 1.807) is 0 Å². The molecule has 1 rings (SSSR count). The fourth-order valence-corrected chi connectivity index (χ4v) is 2.99. The van der Waals surface area contributed by atoms with Crippen molar-refractivity contribution in [2.75, 3.05) is 0 Å². The van der Waals surface area contributed by atoms with E-state index >= 15 is 0 Å². The highest BCUT2D eigenvalue weighted by Gasteiger charge is 2.19. The van der Waals surface area contributed by atoms with E-state index in [-0.39, 0.29) is 5.41 Å². The smallest absolute Gasteiger partial charge is 0.121 e.